The molecule has 0 saturated carbocycles. The molecule has 0 aliphatic carbocycles. The maximum atomic E-state index is 12.6. The largest absolute Gasteiger partial charge is 0.483 e. The van der Waals surface area contributed by atoms with Crippen LogP contribution in [0.1, 0.15) is 117 Å². The quantitative estimate of drug-likeness (QED) is 0.0868. The molecule has 4 rings (SSSR count). The lowest BCUT2D eigenvalue weighted by molar-refractivity contribution is -0.165. The number of para-hydroxylation sites is 2. The zero-order valence-electron chi connectivity index (χ0n) is 37.8. The van der Waals surface area contributed by atoms with Gasteiger partial charge in [-0.25, -0.2) is 0 Å². The molecule has 0 saturated heterocycles. The van der Waals surface area contributed by atoms with Gasteiger partial charge in [-0.15, -0.1) is 0 Å². The molecule has 332 valence electrons. The van der Waals surface area contributed by atoms with Gasteiger partial charge in [0.25, 0.3) is 0 Å². The number of esters is 3. The van der Waals surface area contributed by atoms with Gasteiger partial charge in [0.1, 0.15) is 34.9 Å². The second-order valence-electron chi connectivity index (χ2n) is 17.1. The summed E-state index contributed by atoms with van der Waals surface area (Å²) in [5.74, 6) is -2.17. The average Bonchev–Trinajstić information content (AvgIpc) is 3.16. The normalized spacial score (nSPS) is 14.0. The van der Waals surface area contributed by atoms with Crippen LogP contribution in [0.2, 0.25) is 0 Å². The van der Waals surface area contributed by atoms with Crippen LogP contribution in [0.5, 0.6) is 11.5 Å². The first-order valence-corrected chi connectivity index (χ1v) is 20.6. The van der Waals surface area contributed by atoms with Crippen molar-refractivity contribution in [1.82, 2.24) is 0 Å². The number of aliphatic hydroxyl groups is 1. The monoisotopic (exact) mass is 842 g/mol. The third-order valence-electron chi connectivity index (χ3n) is 8.60. The van der Waals surface area contributed by atoms with E-state index in [-0.39, 0.29) is 18.9 Å². The molecule has 0 bridgehead atoms. The minimum Gasteiger partial charge on any atom is -0.483 e. The van der Waals surface area contributed by atoms with Crippen LogP contribution >= 0.6 is 0 Å². The Labute approximate surface area is 362 Å². The first-order valence-electron chi connectivity index (χ1n) is 20.6. The van der Waals surface area contributed by atoms with Gasteiger partial charge in [-0.2, -0.15) is 0 Å². The smallest absolute Gasteiger partial charge is 0.309 e. The van der Waals surface area contributed by atoms with Gasteiger partial charge in [-0.3, -0.25) is 19.2 Å². The summed E-state index contributed by atoms with van der Waals surface area (Å²) in [6, 6.07) is 35.0. The summed E-state index contributed by atoms with van der Waals surface area (Å²) in [7, 11) is 0. The molecule has 4 aromatic rings. The lowest BCUT2D eigenvalue weighted by atomic mass is 10.0. The number of carboxylic acid groups (broad SMARTS) is 1. The van der Waals surface area contributed by atoms with Crippen molar-refractivity contribution in [3.63, 3.8) is 0 Å². The fourth-order valence-corrected chi connectivity index (χ4v) is 5.48. The third kappa shape index (κ3) is 20.9. The van der Waals surface area contributed by atoms with Crippen LogP contribution < -0.4 is 9.47 Å². The van der Waals surface area contributed by atoms with Crippen molar-refractivity contribution in [2.24, 2.45) is 11.8 Å². The van der Waals surface area contributed by atoms with E-state index in [4.69, 9.17) is 28.8 Å². The molecule has 0 aliphatic heterocycles. The Kier molecular flexibility index (Phi) is 20.7. The van der Waals surface area contributed by atoms with E-state index in [1.54, 1.807) is 62.3 Å². The van der Waals surface area contributed by atoms with Crippen molar-refractivity contribution in [3.05, 3.63) is 131 Å². The predicted molar refractivity (Wildman–Crippen MR) is 236 cm³/mol. The van der Waals surface area contributed by atoms with Crippen LogP contribution in [0.4, 0.5) is 0 Å². The second-order valence-corrected chi connectivity index (χ2v) is 17.1. The number of hydrogen-bond donors (Lipinski definition) is 2. The summed E-state index contributed by atoms with van der Waals surface area (Å²) in [6.07, 6.45) is -2.04. The Hall–Kier alpha value is -5.68. The Morgan fingerprint density at radius 3 is 1.26 bits per heavy atom. The molecule has 4 aromatic carbocycles. The van der Waals surface area contributed by atoms with E-state index in [1.807, 2.05) is 123 Å². The minimum atomic E-state index is -0.981. The number of rotatable bonds is 15. The number of aliphatic carboxylic acids is 1. The summed E-state index contributed by atoms with van der Waals surface area (Å²) in [4.78, 5) is 46.1. The van der Waals surface area contributed by atoms with Crippen LogP contribution in [0.25, 0.3) is 0 Å². The standard InChI is InChI=1S/C25H32O5.C16H18O2.C9H16O4/c1-17-12-14-20(15-13-17)23(29-21-10-8-7-9-11-21)19(3)28-24(27)18(2)16-22(26)30-25(4,5)6;1-12-8-10-14(11-9-12)16(13(2)17)18-15-6-4-3-5-7-15;1-6(8(11)12)5-7(10)13-9(2,3)4/h7-15,18-19,23H,16H2,1-6H3;3-11,13,16-17H,1-2H3;6H,5H2,1-4H3,(H,11,12)/t18-,19+,23+;13-,16-;6-/m101/s1. The highest BCUT2D eigenvalue weighted by atomic mass is 16.6. The van der Waals surface area contributed by atoms with Crippen LogP contribution in [0.3, 0.4) is 0 Å². The van der Waals surface area contributed by atoms with Gasteiger partial charge in [0, 0.05) is 0 Å². The summed E-state index contributed by atoms with van der Waals surface area (Å²) in [5, 5.41) is 18.4. The number of carboxylic acids is 1. The molecule has 0 heterocycles. The van der Waals surface area contributed by atoms with E-state index >= 15 is 0 Å². The fourth-order valence-electron chi connectivity index (χ4n) is 5.48. The van der Waals surface area contributed by atoms with Gasteiger partial charge in [0.15, 0.2) is 6.10 Å². The number of carbonyl (C=O) groups is 4. The summed E-state index contributed by atoms with van der Waals surface area (Å²) >= 11 is 0. The van der Waals surface area contributed by atoms with Crippen molar-refractivity contribution in [1.29, 1.82) is 0 Å². The van der Waals surface area contributed by atoms with Crippen molar-refractivity contribution in [2.45, 2.75) is 132 Å². The number of aliphatic hydroxyl groups excluding tert-OH is 1. The van der Waals surface area contributed by atoms with E-state index in [9.17, 15) is 24.3 Å². The number of carbonyl (C=O) groups excluding carboxylic acids is 3. The molecule has 6 atom stereocenters. The van der Waals surface area contributed by atoms with Crippen LogP contribution in [0.15, 0.2) is 109 Å². The predicted octanol–water partition coefficient (Wildman–Crippen LogP) is 10.3. The third-order valence-corrected chi connectivity index (χ3v) is 8.60. The highest BCUT2D eigenvalue weighted by Gasteiger charge is 2.29. The van der Waals surface area contributed by atoms with Gasteiger partial charge >= 0.3 is 23.9 Å². The van der Waals surface area contributed by atoms with Gasteiger partial charge in [0.05, 0.1) is 30.8 Å². The second kappa shape index (κ2) is 24.5. The lowest BCUT2D eigenvalue weighted by Crippen LogP contribution is -2.31. The molecular formula is C50H66O11. The zero-order valence-corrected chi connectivity index (χ0v) is 37.8. The number of aryl methyl sites for hydroxylation is 2. The maximum Gasteiger partial charge on any atom is 0.309 e. The highest BCUT2D eigenvalue weighted by Crippen LogP contribution is 2.28. The molecule has 0 radical (unpaired) electrons. The maximum absolute atomic E-state index is 12.6. The van der Waals surface area contributed by atoms with Gasteiger partial charge in [-0.05, 0) is 105 Å². The summed E-state index contributed by atoms with van der Waals surface area (Å²) < 4.78 is 28.0. The van der Waals surface area contributed by atoms with E-state index in [2.05, 4.69) is 0 Å². The Bertz CT molecular complexity index is 1910. The molecule has 0 aliphatic rings. The first kappa shape index (κ1) is 51.5. The van der Waals surface area contributed by atoms with Gasteiger partial charge < -0.3 is 33.9 Å². The lowest BCUT2D eigenvalue weighted by Gasteiger charge is -2.27. The molecule has 11 nitrogen and oxygen atoms in total. The van der Waals surface area contributed by atoms with E-state index in [0.29, 0.717) is 5.75 Å². The molecule has 0 unspecified atom stereocenters. The average molecular weight is 843 g/mol. The minimum absolute atomic E-state index is 0.0302. The molecular weight excluding hydrogens is 777 g/mol. The van der Waals surface area contributed by atoms with Crippen LogP contribution in [-0.4, -0.2) is 57.5 Å². The number of ether oxygens (including phenoxy) is 5. The molecule has 2 N–H and O–H groups in total. The van der Waals surface area contributed by atoms with E-state index in [0.717, 1.165) is 22.4 Å². The Balaban J connectivity index is 0.000000350. The molecule has 0 aromatic heterocycles. The Morgan fingerprint density at radius 1 is 0.541 bits per heavy atom. The molecule has 0 spiro atoms. The van der Waals surface area contributed by atoms with Crippen molar-refractivity contribution in [2.75, 3.05) is 0 Å². The van der Waals surface area contributed by atoms with E-state index < -0.39 is 65.2 Å². The number of hydrogen-bond acceptors (Lipinski definition) is 10. The van der Waals surface area contributed by atoms with Crippen molar-refractivity contribution < 1.29 is 53.1 Å². The van der Waals surface area contributed by atoms with Gasteiger partial charge in [-0.1, -0.05) is 110 Å². The number of benzene rings is 4. The fraction of sp³-hybridized carbons (Fsp3) is 0.440. The van der Waals surface area contributed by atoms with Gasteiger partial charge in [0.2, 0.25) is 0 Å². The first-order chi connectivity index (χ1) is 28.4. The molecule has 0 fully saturated rings. The zero-order chi connectivity index (χ0) is 45.9. The van der Waals surface area contributed by atoms with Crippen molar-refractivity contribution >= 4 is 23.9 Å². The summed E-state index contributed by atoms with van der Waals surface area (Å²) in [6.45, 7) is 21.4. The topological polar surface area (TPSA) is 155 Å². The highest BCUT2D eigenvalue weighted by molar-refractivity contribution is 5.80. The van der Waals surface area contributed by atoms with E-state index in [1.165, 1.54) is 12.5 Å². The molecule has 0 amide bonds. The SMILES string of the molecule is C[C@H](CC(=O)OC(C)(C)C)C(=O)O.Cc1ccc([C@@H](Oc2ccccc2)[C@H](C)O)cc1.Cc1ccc([C@@H](Oc2ccccc2)[C@H](C)OC(=O)[C@H](C)CC(=O)OC(C)(C)C)cc1. The van der Waals surface area contributed by atoms with Crippen molar-refractivity contribution in [3.8, 4) is 11.5 Å². The molecule has 61 heavy (non-hydrogen) atoms. The molecule has 11 heteroatoms. The Morgan fingerprint density at radius 2 is 0.902 bits per heavy atom. The summed E-state index contributed by atoms with van der Waals surface area (Å²) in [5.41, 5.74) is 3.09. The van der Waals surface area contributed by atoms with Crippen LogP contribution in [-0.2, 0) is 33.4 Å². The van der Waals surface area contributed by atoms with Crippen LogP contribution in [0, 0.1) is 25.7 Å².